The van der Waals surface area contributed by atoms with Gasteiger partial charge in [0.25, 0.3) is 5.91 Å². The second-order valence-electron chi connectivity index (χ2n) is 7.74. The minimum absolute atomic E-state index is 0.177. The number of hydrogen-bond donors (Lipinski definition) is 1. The molecule has 0 aliphatic carbocycles. The van der Waals surface area contributed by atoms with E-state index < -0.39 is 0 Å². The summed E-state index contributed by atoms with van der Waals surface area (Å²) >= 11 is 0. The maximum atomic E-state index is 13.0. The van der Waals surface area contributed by atoms with Crippen molar-refractivity contribution in [1.82, 2.24) is 10.2 Å². The van der Waals surface area contributed by atoms with Gasteiger partial charge in [0.15, 0.2) is 0 Å². The number of aliphatic imine (C=N–C) groups is 1. The number of hydrogen-bond acceptors (Lipinski definition) is 4. The van der Waals surface area contributed by atoms with Gasteiger partial charge in [0.2, 0.25) is 5.96 Å². The third-order valence-corrected chi connectivity index (χ3v) is 5.55. The second-order valence-corrected chi connectivity index (χ2v) is 7.74. The Balaban J connectivity index is 1.57. The van der Waals surface area contributed by atoms with Crippen molar-refractivity contribution in [2.24, 2.45) is 4.99 Å². The standard InChI is InChI=1S/C26H28N4O2/c1-20-12-14-21(15-13-20)25(31)28-26(27-23-10-6-7-11-24(23)32-2)30-18-16-29(17-19-30)22-8-4-3-5-9-22/h3-15H,16-19H2,1-2H3,(H,27,28,31). The van der Waals surface area contributed by atoms with E-state index in [1.807, 2.05) is 61.5 Å². The first-order chi connectivity index (χ1) is 15.6. The fourth-order valence-electron chi connectivity index (χ4n) is 3.71. The predicted molar refractivity (Wildman–Crippen MR) is 129 cm³/mol. The van der Waals surface area contributed by atoms with Crippen LogP contribution in [-0.2, 0) is 0 Å². The zero-order valence-electron chi connectivity index (χ0n) is 18.5. The second kappa shape index (κ2) is 10.0. The van der Waals surface area contributed by atoms with Crippen molar-refractivity contribution in [3.63, 3.8) is 0 Å². The van der Waals surface area contributed by atoms with Gasteiger partial charge in [0.05, 0.1) is 7.11 Å². The lowest BCUT2D eigenvalue weighted by Gasteiger charge is -2.37. The van der Waals surface area contributed by atoms with Crippen molar-refractivity contribution >= 4 is 23.2 Å². The number of carbonyl (C=O) groups excluding carboxylic acids is 1. The molecule has 32 heavy (non-hydrogen) atoms. The van der Waals surface area contributed by atoms with E-state index >= 15 is 0 Å². The van der Waals surface area contributed by atoms with Crippen LogP contribution in [0, 0.1) is 6.92 Å². The predicted octanol–water partition coefficient (Wildman–Crippen LogP) is 4.24. The first-order valence-electron chi connectivity index (χ1n) is 10.8. The van der Waals surface area contributed by atoms with Crippen molar-refractivity contribution in [3.8, 4) is 5.75 Å². The molecule has 1 fully saturated rings. The summed E-state index contributed by atoms with van der Waals surface area (Å²) < 4.78 is 5.46. The summed E-state index contributed by atoms with van der Waals surface area (Å²) in [5.41, 5.74) is 3.60. The van der Waals surface area contributed by atoms with Crippen LogP contribution in [0.3, 0.4) is 0 Å². The summed E-state index contributed by atoms with van der Waals surface area (Å²) in [4.78, 5) is 22.2. The van der Waals surface area contributed by atoms with E-state index in [2.05, 4.69) is 39.4 Å². The van der Waals surface area contributed by atoms with Crippen molar-refractivity contribution in [2.75, 3.05) is 38.2 Å². The van der Waals surface area contributed by atoms with Gasteiger partial charge in [0.1, 0.15) is 11.4 Å². The fraction of sp³-hybridized carbons (Fsp3) is 0.231. The normalized spacial score (nSPS) is 14.2. The minimum Gasteiger partial charge on any atom is -0.494 e. The summed E-state index contributed by atoms with van der Waals surface area (Å²) in [5.74, 6) is 1.02. The molecule has 4 rings (SSSR count). The number of ether oxygens (including phenoxy) is 1. The summed E-state index contributed by atoms with van der Waals surface area (Å²) in [5, 5.41) is 3.04. The number of carbonyl (C=O) groups is 1. The number of nitrogens with zero attached hydrogens (tertiary/aromatic N) is 3. The van der Waals surface area contributed by atoms with E-state index in [0.717, 1.165) is 31.7 Å². The molecule has 3 aromatic rings. The van der Waals surface area contributed by atoms with Crippen LogP contribution >= 0.6 is 0 Å². The van der Waals surface area contributed by atoms with Crippen LogP contribution in [0.4, 0.5) is 11.4 Å². The molecule has 164 valence electrons. The molecule has 1 N–H and O–H groups in total. The number of piperazine rings is 1. The van der Waals surface area contributed by atoms with Gasteiger partial charge in [-0.15, -0.1) is 0 Å². The summed E-state index contributed by atoms with van der Waals surface area (Å²) in [6.45, 7) is 5.18. The third kappa shape index (κ3) is 5.09. The molecule has 6 nitrogen and oxygen atoms in total. The number of aryl methyl sites for hydroxylation is 1. The van der Waals surface area contributed by atoms with Crippen LogP contribution in [0.2, 0.25) is 0 Å². The average Bonchev–Trinajstić information content (AvgIpc) is 2.85. The van der Waals surface area contributed by atoms with Gasteiger partial charge in [-0.2, -0.15) is 0 Å². The zero-order valence-corrected chi connectivity index (χ0v) is 18.5. The highest BCUT2D eigenvalue weighted by Crippen LogP contribution is 2.27. The number of rotatable bonds is 4. The summed E-state index contributed by atoms with van der Waals surface area (Å²) in [6, 6.07) is 25.5. The van der Waals surface area contributed by atoms with Crippen LogP contribution in [0.15, 0.2) is 83.9 Å². The topological polar surface area (TPSA) is 57.2 Å². The smallest absolute Gasteiger partial charge is 0.257 e. The first-order valence-corrected chi connectivity index (χ1v) is 10.8. The summed E-state index contributed by atoms with van der Waals surface area (Å²) in [6.07, 6.45) is 0. The molecule has 1 aliphatic rings. The van der Waals surface area contributed by atoms with E-state index in [9.17, 15) is 4.79 Å². The highest BCUT2D eigenvalue weighted by molar-refractivity contribution is 6.06. The molecule has 0 spiro atoms. The Morgan fingerprint density at radius 2 is 1.53 bits per heavy atom. The molecule has 1 amide bonds. The molecule has 0 unspecified atom stereocenters. The average molecular weight is 429 g/mol. The Labute approximate surface area is 189 Å². The number of methoxy groups -OCH3 is 1. The van der Waals surface area contributed by atoms with Crippen LogP contribution < -0.4 is 15.0 Å². The summed E-state index contributed by atoms with van der Waals surface area (Å²) in [7, 11) is 1.62. The van der Waals surface area contributed by atoms with Crippen molar-refractivity contribution < 1.29 is 9.53 Å². The number of benzene rings is 3. The largest absolute Gasteiger partial charge is 0.494 e. The Kier molecular flexibility index (Phi) is 6.70. The lowest BCUT2D eigenvalue weighted by molar-refractivity contribution is 0.0971. The molecule has 0 atom stereocenters. The molecule has 0 saturated carbocycles. The van der Waals surface area contributed by atoms with Crippen LogP contribution in [0.25, 0.3) is 0 Å². The molecule has 3 aromatic carbocycles. The SMILES string of the molecule is COc1ccccc1N=C(NC(=O)c1ccc(C)cc1)N1CCN(c2ccccc2)CC1. The quantitative estimate of drug-likeness (QED) is 0.499. The van der Waals surface area contributed by atoms with Gasteiger partial charge in [-0.25, -0.2) is 4.99 Å². The van der Waals surface area contributed by atoms with Gasteiger partial charge >= 0.3 is 0 Å². The van der Waals surface area contributed by atoms with Gasteiger partial charge in [0, 0.05) is 37.4 Å². The van der Waals surface area contributed by atoms with E-state index in [0.29, 0.717) is 23.0 Å². The highest BCUT2D eigenvalue weighted by atomic mass is 16.5. The minimum atomic E-state index is -0.177. The molecule has 0 aromatic heterocycles. The molecule has 1 aliphatic heterocycles. The number of amides is 1. The van der Waals surface area contributed by atoms with Crippen molar-refractivity contribution in [3.05, 3.63) is 90.0 Å². The maximum Gasteiger partial charge on any atom is 0.257 e. The Morgan fingerprint density at radius 3 is 2.22 bits per heavy atom. The lowest BCUT2D eigenvalue weighted by Crippen LogP contribution is -2.53. The van der Waals surface area contributed by atoms with Crippen molar-refractivity contribution in [2.45, 2.75) is 6.92 Å². The Morgan fingerprint density at radius 1 is 0.875 bits per heavy atom. The number of para-hydroxylation sites is 3. The van der Waals surface area contributed by atoms with Crippen LogP contribution in [0.1, 0.15) is 15.9 Å². The van der Waals surface area contributed by atoms with Crippen molar-refractivity contribution in [1.29, 1.82) is 0 Å². The van der Waals surface area contributed by atoms with Gasteiger partial charge < -0.3 is 14.5 Å². The first kappa shape index (κ1) is 21.4. The van der Waals surface area contributed by atoms with E-state index in [1.165, 1.54) is 5.69 Å². The van der Waals surface area contributed by atoms with Crippen LogP contribution in [-0.4, -0.2) is 50.1 Å². The van der Waals surface area contributed by atoms with E-state index in [1.54, 1.807) is 7.11 Å². The molecule has 1 saturated heterocycles. The van der Waals surface area contributed by atoms with E-state index in [4.69, 9.17) is 9.73 Å². The third-order valence-electron chi connectivity index (χ3n) is 5.55. The van der Waals surface area contributed by atoms with E-state index in [-0.39, 0.29) is 5.91 Å². The fourth-order valence-corrected chi connectivity index (χ4v) is 3.71. The molecule has 6 heteroatoms. The Hall–Kier alpha value is -3.80. The molecular formula is C26H28N4O2. The molecular weight excluding hydrogens is 400 g/mol. The monoisotopic (exact) mass is 428 g/mol. The zero-order chi connectivity index (χ0) is 22.3. The number of guanidine groups is 1. The Bertz CT molecular complexity index is 1070. The van der Waals surface area contributed by atoms with Gasteiger partial charge in [-0.05, 0) is 43.3 Å². The highest BCUT2D eigenvalue weighted by Gasteiger charge is 2.22. The maximum absolute atomic E-state index is 13.0. The van der Waals surface area contributed by atoms with Gasteiger partial charge in [-0.1, -0.05) is 48.0 Å². The number of anilines is 1. The molecule has 1 heterocycles. The van der Waals surface area contributed by atoms with Crippen LogP contribution in [0.5, 0.6) is 5.75 Å². The number of nitrogens with one attached hydrogen (secondary N) is 1. The molecule has 0 bridgehead atoms. The molecule has 0 radical (unpaired) electrons. The lowest BCUT2D eigenvalue weighted by atomic mass is 10.1. The van der Waals surface area contributed by atoms with Gasteiger partial charge in [-0.3, -0.25) is 10.1 Å².